The van der Waals surface area contributed by atoms with Crippen LogP contribution >= 0.6 is 0 Å². The number of fused-ring (bicyclic) bond motifs is 1. The molecule has 2 aliphatic heterocycles. The fourth-order valence-corrected chi connectivity index (χ4v) is 3.64. The molecule has 3 rings (SSSR count). The van der Waals surface area contributed by atoms with Crippen molar-refractivity contribution >= 4 is 0 Å². The summed E-state index contributed by atoms with van der Waals surface area (Å²) >= 11 is 0. The Bertz CT molecular complexity index is 225. The predicted molar refractivity (Wildman–Crippen MR) is 62.9 cm³/mol. The maximum Gasteiger partial charge on any atom is 0.0250 e. The van der Waals surface area contributed by atoms with Crippen LogP contribution < -0.4 is 5.32 Å². The van der Waals surface area contributed by atoms with E-state index in [1.807, 2.05) is 0 Å². The van der Waals surface area contributed by atoms with Gasteiger partial charge in [0.1, 0.15) is 0 Å². The summed E-state index contributed by atoms with van der Waals surface area (Å²) in [7, 11) is 0. The highest BCUT2D eigenvalue weighted by atomic mass is 15.2. The van der Waals surface area contributed by atoms with Gasteiger partial charge in [-0.2, -0.15) is 0 Å². The third-order valence-corrected chi connectivity index (χ3v) is 4.67. The minimum absolute atomic E-state index is 0.818. The van der Waals surface area contributed by atoms with Gasteiger partial charge in [0.05, 0.1) is 0 Å². The summed E-state index contributed by atoms with van der Waals surface area (Å²) in [5.74, 6) is 1.02. The van der Waals surface area contributed by atoms with Crippen molar-refractivity contribution in [1.29, 1.82) is 0 Å². The van der Waals surface area contributed by atoms with Crippen LogP contribution in [-0.4, -0.2) is 36.1 Å². The van der Waals surface area contributed by atoms with E-state index in [1.54, 1.807) is 0 Å². The minimum Gasteiger partial charge on any atom is -0.309 e. The highest BCUT2D eigenvalue weighted by molar-refractivity contribution is 4.98. The molecule has 1 N–H and O–H groups in total. The Morgan fingerprint density at radius 3 is 2.80 bits per heavy atom. The molecule has 0 radical (unpaired) electrons. The van der Waals surface area contributed by atoms with E-state index in [4.69, 9.17) is 0 Å². The fourth-order valence-electron chi connectivity index (χ4n) is 3.64. The molecule has 3 atom stereocenters. The van der Waals surface area contributed by atoms with E-state index in [9.17, 15) is 0 Å². The average Bonchev–Trinajstić information content (AvgIpc) is 2.86. The van der Waals surface area contributed by atoms with Gasteiger partial charge in [-0.1, -0.05) is 6.92 Å². The van der Waals surface area contributed by atoms with Crippen molar-refractivity contribution in [2.45, 2.75) is 63.6 Å². The fraction of sp³-hybridized carbons (Fsp3) is 1.00. The van der Waals surface area contributed by atoms with Crippen LogP contribution in [0, 0.1) is 5.92 Å². The van der Waals surface area contributed by atoms with Gasteiger partial charge >= 0.3 is 0 Å². The second kappa shape index (κ2) is 4.06. The van der Waals surface area contributed by atoms with E-state index in [0.29, 0.717) is 0 Å². The first-order valence-electron chi connectivity index (χ1n) is 6.88. The molecule has 0 spiro atoms. The number of nitrogens with zero attached hydrogens (tertiary/aromatic N) is 1. The number of hydrogen-bond acceptors (Lipinski definition) is 2. The first kappa shape index (κ1) is 10.1. The van der Waals surface area contributed by atoms with Crippen LogP contribution in [0.3, 0.4) is 0 Å². The predicted octanol–water partition coefficient (Wildman–Crippen LogP) is 2.00. The van der Waals surface area contributed by atoms with Crippen LogP contribution in [0.2, 0.25) is 0 Å². The SMILES string of the molecule is CCC(NC1CCN2CCCC12)C1CC1. The molecule has 0 aromatic rings. The molecule has 86 valence electrons. The molecule has 3 aliphatic rings. The molecule has 15 heavy (non-hydrogen) atoms. The molecule has 1 saturated carbocycles. The van der Waals surface area contributed by atoms with E-state index in [-0.39, 0.29) is 0 Å². The first-order valence-corrected chi connectivity index (χ1v) is 6.88. The lowest BCUT2D eigenvalue weighted by Gasteiger charge is -2.26. The van der Waals surface area contributed by atoms with Crippen molar-refractivity contribution in [2.24, 2.45) is 5.92 Å². The molecular weight excluding hydrogens is 184 g/mol. The third kappa shape index (κ3) is 1.94. The zero-order valence-electron chi connectivity index (χ0n) is 9.91. The van der Waals surface area contributed by atoms with Crippen LogP contribution in [0.25, 0.3) is 0 Å². The second-order valence-electron chi connectivity index (χ2n) is 5.66. The lowest BCUT2D eigenvalue weighted by molar-refractivity contribution is 0.280. The lowest BCUT2D eigenvalue weighted by atomic mass is 10.0. The van der Waals surface area contributed by atoms with Gasteiger partial charge in [0.25, 0.3) is 0 Å². The summed E-state index contributed by atoms with van der Waals surface area (Å²) in [4.78, 5) is 2.71. The standard InChI is InChI=1S/C13H24N2/c1-2-11(10-5-6-10)14-12-7-9-15-8-3-4-13(12)15/h10-14H,2-9H2,1H3. The van der Waals surface area contributed by atoms with Crippen molar-refractivity contribution in [2.75, 3.05) is 13.1 Å². The van der Waals surface area contributed by atoms with Gasteiger partial charge in [-0.15, -0.1) is 0 Å². The summed E-state index contributed by atoms with van der Waals surface area (Å²) < 4.78 is 0. The molecule has 1 aliphatic carbocycles. The molecule has 2 nitrogen and oxygen atoms in total. The van der Waals surface area contributed by atoms with E-state index >= 15 is 0 Å². The summed E-state index contributed by atoms with van der Waals surface area (Å²) in [5.41, 5.74) is 0. The van der Waals surface area contributed by atoms with E-state index in [1.165, 1.54) is 51.6 Å². The average molecular weight is 208 g/mol. The summed E-state index contributed by atoms with van der Waals surface area (Å²) in [6.07, 6.45) is 8.56. The molecule has 3 unspecified atom stereocenters. The molecule has 2 heterocycles. The van der Waals surface area contributed by atoms with Gasteiger partial charge in [0.2, 0.25) is 0 Å². The van der Waals surface area contributed by atoms with Crippen LogP contribution in [0.4, 0.5) is 0 Å². The number of nitrogens with one attached hydrogen (secondary N) is 1. The number of rotatable bonds is 4. The largest absolute Gasteiger partial charge is 0.309 e. The number of hydrogen-bond donors (Lipinski definition) is 1. The molecule has 3 fully saturated rings. The van der Waals surface area contributed by atoms with E-state index in [2.05, 4.69) is 17.1 Å². The van der Waals surface area contributed by atoms with Gasteiger partial charge in [0, 0.05) is 24.7 Å². The molecule has 0 bridgehead atoms. The molecule has 0 amide bonds. The van der Waals surface area contributed by atoms with Crippen molar-refractivity contribution < 1.29 is 0 Å². The monoisotopic (exact) mass is 208 g/mol. The molecule has 2 saturated heterocycles. The summed E-state index contributed by atoms with van der Waals surface area (Å²) in [6, 6.07) is 2.53. The van der Waals surface area contributed by atoms with E-state index in [0.717, 1.165) is 24.0 Å². The Morgan fingerprint density at radius 1 is 1.20 bits per heavy atom. The Kier molecular flexibility index (Phi) is 2.73. The van der Waals surface area contributed by atoms with Crippen molar-refractivity contribution in [3.8, 4) is 0 Å². The Balaban J connectivity index is 1.57. The maximum absolute atomic E-state index is 3.96. The van der Waals surface area contributed by atoms with Crippen molar-refractivity contribution in [1.82, 2.24) is 10.2 Å². The van der Waals surface area contributed by atoms with E-state index < -0.39 is 0 Å². The van der Waals surface area contributed by atoms with Crippen LogP contribution in [0.1, 0.15) is 45.4 Å². The van der Waals surface area contributed by atoms with Crippen LogP contribution in [0.15, 0.2) is 0 Å². The Hall–Kier alpha value is -0.0800. The topological polar surface area (TPSA) is 15.3 Å². The highest BCUT2D eigenvalue weighted by Crippen LogP contribution is 2.36. The summed E-state index contributed by atoms with van der Waals surface area (Å²) in [5, 5.41) is 3.96. The highest BCUT2D eigenvalue weighted by Gasteiger charge is 2.39. The lowest BCUT2D eigenvalue weighted by Crippen LogP contribution is -2.45. The molecule has 0 aromatic carbocycles. The molecular formula is C13H24N2. The zero-order chi connectivity index (χ0) is 10.3. The molecule has 0 aromatic heterocycles. The quantitative estimate of drug-likeness (QED) is 0.760. The summed E-state index contributed by atoms with van der Waals surface area (Å²) in [6.45, 7) is 5.06. The maximum atomic E-state index is 3.96. The van der Waals surface area contributed by atoms with Gasteiger partial charge in [-0.3, -0.25) is 4.90 Å². The van der Waals surface area contributed by atoms with Crippen LogP contribution in [-0.2, 0) is 0 Å². The van der Waals surface area contributed by atoms with Gasteiger partial charge in [-0.05, 0) is 51.0 Å². The Morgan fingerprint density at radius 2 is 2.07 bits per heavy atom. The third-order valence-electron chi connectivity index (χ3n) is 4.67. The first-order chi connectivity index (χ1) is 7.38. The minimum atomic E-state index is 0.818. The zero-order valence-corrected chi connectivity index (χ0v) is 9.91. The van der Waals surface area contributed by atoms with Crippen molar-refractivity contribution in [3.63, 3.8) is 0 Å². The van der Waals surface area contributed by atoms with Crippen LogP contribution in [0.5, 0.6) is 0 Å². The van der Waals surface area contributed by atoms with Gasteiger partial charge in [0.15, 0.2) is 0 Å². The Labute approximate surface area is 93.4 Å². The van der Waals surface area contributed by atoms with Gasteiger partial charge in [-0.25, -0.2) is 0 Å². The normalized spacial score (nSPS) is 38.2. The van der Waals surface area contributed by atoms with Gasteiger partial charge < -0.3 is 5.32 Å². The van der Waals surface area contributed by atoms with Crippen molar-refractivity contribution in [3.05, 3.63) is 0 Å². The smallest absolute Gasteiger partial charge is 0.0250 e. The molecule has 2 heteroatoms. The second-order valence-corrected chi connectivity index (χ2v) is 5.66.